The van der Waals surface area contributed by atoms with Gasteiger partial charge < -0.3 is 9.84 Å². The van der Waals surface area contributed by atoms with Crippen LogP contribution in [0.25, 0.3) is 11.3 Å². The molecule has 0 bridgehead atoms. The molecule has 0 spiro atoms. The molecular formula is C23H18ClN3O2. The number of benzene rings is 2. The molecule has 0 unspecified atom stereocenters. The van der Waals surface area contributed by atoms with Crippen LogP contribution in [0.5, 0.6) is 0 Å². The van der Waals surface area contributed by atoms with Crippen LogP contribution in [0.1, 0.15) is 27.2 Å². The highest BCUT2D eigenvalue weighted by Gasteiger charge is 2.23. The Bertz CT molecular complexity index is 1140. The van der Waals surface area contributed by atoms with Crippen molar-refractivity contribution in [3.63, 3.8) is 0 Å². The van der Waals surface area contributed by atoms with Crippen molar-refractivity contribution in [1.82, 2.24) is 10.1 Å². The molecule has 144 valence electrons. The number of aryl methyl sites for hydroxylation is 1. The van der Waals surface area contributed by atoms with E-state index in [1.165, 1.54) is 5.56 Å². The van der Waals surface area contributed by atoms with E-state index in [0.717, 1.165) is 12.0 Å². The first kappa shape index (κ1) is 18.9. The first-order valence-electron chi connectivity index (χ1n) is 9.12. The molecule has 29 heavy (non-hydrogen) atoms. The van der Waals surface area contributed by atoms with Crippen molar-refractivity contribution in [2.24, 2.45) is 0 Å². The molecule has 2 heterocycles. The van der Waals surface area contributed by atoms with E-state index >= 15 is 0 Å². The molecule has 5 nitrogen and oxygen atoms in total. The minimum Gasteiger partial charge on any atom is -0.360 e. The zero-order valence-corrected chi connectivity index (χ0v) is 16.5. The van der Waals surface area contributed by atoms with E-state index in [0.29, 0.717) is 33.3 Å². The van der Waals surface area contributed by atoms with Crippen LogP contribution in [0.4, 0.5) is 5.69 Å². The minimum atomic E-state index is -0.291. The van der Waals surface area contributed by atoms with Crippen molar-refractivity contribution in [1.29, 1.82) is 0 Å². The van der Waals surface area contributed by atoms with Gasteiger partial charge in [0.05, 0.1) is 5.02 Å². The van der Waals surface area contributed by atoms with Crippen LogP contribution in [-0.2, 0) is 6.42 Å². The van der Waals surface area contributed by atoms with Crippen molar-refractivity contribution in [2.45, 2.75) is 13.3 Å². The molecule has 2 aromatic heterocycles. The Balaban J connectivity index is 1.53. The fourth-order valence-electron chi connectivity index (χ4n) is 3.11. The Morgan fingerprint density at radius 2 is 1.69 bits per heavy atom. The second kappa shape index (κ2) is 8.29. The summed E-state index contributed by atoms with van der Waals surface area (Å²) in [6.07, 6.45) is 4.36. The fraction of sp³-hybridized carbons (Fsp3) is 0.0870. The highest BCUT2D eigenvalue weighted by atomic mass is 35.5. The largest absolute Gasteiger partial charge is 0.360 e. The van der Waals surface area contributed by atoms with Crippen molar-refractivity contribution >= 4 is 23.2 Å². The number of pyridine rings is 1. The maximum absolute atomic E-state index is 12.9. The summed E-state index contributed by atoms with van der Waals surface area (Å²) < 4.78 is 5.27. The van der Waals surface area contributed by atoms with Gasteiger partial charge in [0.1, 0.15) is 17.0 Å². The molecule has 4 rings (SSSR count). The highest BCUT2D eigenvalue weighted by Crippen LogP contribution is 2.31. The summed E-state index contributed by atoms with van der Waals surface area (Å²) in [6, 6.07) is 19.0. The summed E-state index contributed by atoms with van der Waals surface area (Å²) in [4.78, 5) is 16.9. The van der Waals surface area contributed by atoms with Crippen LogP contribution in [-0.4, -0.2) is 16.0 Å². The van der Waals surface area contributed by atoms with Gasteiger partial charge >= 0.3 is 0 Å². The number of carbonyl (C=O) groups excluding carboxylic acids is 1. The SMILES string of the molecule is Cc1onc(-c2ccccc2Cl)c1C(=O)Nc1ccc(Cc2ccncc2)cc1. The normalized spacial score (nSPS) is 10.7. The molecule has 0 fully saturated rings. The molecule has 6 heteroatoms. The Morgan fingerprint density at radius 1 is 1.00 bits per heavy atom. The van der Waals surface area contributed by atoms with Gasteiger partial charge in [0.2, 0.25) is 0 Å². The second-order valence-electron chi connectivity index (χ2n) is 6.63. The number of rotatable bonds is 5. The smallest absolute Gasteiger partial charge is 0.261 e. The molecule has 0 radical (unpaired) electrons. The number of aromatic nitrogens is 2. The van der Waals surface area contributed by atoms with Crippen molar-refractivity contribution in [3.05, 3.63) is 101 Å². The monoisotopic (exact) mass is 403 g/mol. The molecule has 0 atom stereocenters. The predicted octanol–water partition coefficient (Wildman–Crippen LogP) is 5.54. The Hall–Kier alpha value is -3.44. The van der Waals surface area contributed by atoms with Crippen molar-refractivity contribution < 1.29 is 9.32 Å². The lowest BCUT2D eigenvalue weighted by atomic mass is 10.0. The third-order valence-corrected chi connectivity index (χ3v) is 4.92. The Labute approximate surface area is 173 Å². The number of nitrogens with one attached hydrogen (secondary N) is 1. The highest BCUT2D eigenvalue weighted by molar-refractivity contribution is 6.33. The zero-order valence-electron chi connectivity index (χ0n) is 15.7. The van der Waals surface area contributed by atoms with Gasteiger partial charge in [-0.15, -0.1) is 0 Å². The van der Waals surface area contributed by atoms with Gasteiger partial charge in [0.25, 0.3) is 5.91 Å². The van der Waals surface area contributed by atoms with Gasteiger partial charge in [0.15, 0.2) is 0 Å². The average molecular weight is 404 g/mol. The molecule has 1 N–H and O–H groups in total. The number of carbonyl (C=O) groups is 1. The topological polar surface area (TPSA) is 68.0 Å². The van der Waals surface area contributed by atoms with E-state index in [1.54, 1.807) is 25.4 Å². The molecule has 0 aliphatic heterocycles. The maximum atomic E-state index is 12.9. The van der Waals surface area contributed by atoms with Gasteiger partial charge in [-0.2, -0.15) is 0 Å². The van der Waals surface area contributed by atoms with E-state index in [2.05, 4.69) is 15.5 Å². The summed E-state index contributed by atoms with van der Waals surface area (Å²) in [6.45, 7) is 1.71. The standard InChI is InChI=1S/C23H18ClN3O2/c1-15-21(22(27-29-15)19-4-2-3-5-20(19)24)23(28)26-18-8-6-16(7-9-18)14-17-10-12-25-13-11-17/h2-13H,14H2,1H3,(H,26,28). The number of amides is 1. The molecule has 1 amide bonds. The number of hydrogen-bond acceptors (Lipinski definition) is 4. The van der Waals surface area contributed by atoms with E-state index in [9.17, 15) is 4.79 Å². The van der Waals surface area contributed by atoms with Crippen LogP contribution < -0.4 is 5.32 Å². The molecule has 0 aliphatic rings. The van der Waals surface area contributed by atoms with Gasteiger partial charge in [0, 0.05) is 23.6 Å². The van der Waals surface area contributed by atoms with Crippen LogP contribution in [0.15, 0.2) is 77.6 Å². The quantitative estimate of drug-likeness (QED) is 0.475. The van der Waals surface area contributed by atoms with Gasteiger partial charge in [-0.3, -0.25) is 9.78 Å². The summed E-state index contributed by atoms with van der Waals surface area (Å²) in [5.74, 6) is 0.146. The zero-order chi connectivity index (χ0) is 20.2. The van der Waals surface area contributed by atoms with Gasteiger partial charge in [-0.25, -0.2) is 0 Å². The summed E-state index contributed by atoms with van der Waals surface area (Å²) in [5.41, 5.74) is 4.48. The first-order valence-corrected chi connectivity index (χ1v) is 9.50. The van der Waals surface area contributed by atoms with E-state index < -0.39 is 0 Å². The van der Waals surface area contributed by atoms with Crippen LogP contribution in [0.2, 0.25) is 5.02 Å². The second-order valence-corrected chi connectivity index (χ2v) is 7.03. The van der Waals surface area contributed by atoms with Crippen LogP contribution in [0, 0.1) is 6.92 Å². The fourth-order valence-corrected chi connectivity index (χ4v) is 3.34. The molecule has 4 aromatic rings. The summed E-state index contributed by atoms with van der Waals surface area (Å²) >= 11 is 6.27. The van der Waals surface area contributed by atoms with Gasteiger partial charge in [-0.1, -0.05) is 47.1 Å². The minimum absolute atomic E-state index is 0.291. The lowest BCUT2D eigenvalue weighted by Crippen LogP contribution is -2.13. The Kier molecular flexibility index (Phi) is 5.40. The average Bonchev–Trinajstić information content (AvgIpc) is 3.12. The lowest BCUT2D eigenvalue weighted by Gasteiger charge is -2.08. The number of anilines is 1. The maximum Gasteiger partial charge on any atom is 0.261 e. The number of halogens is 1. The molecule has 0 saturated carbocycles. The molecular weight excluding hydrogens is 386 g/mol. The van der Waals surface area contributed by atoms with E-state index in [-0.39, 0.29) is 5.91 Å². The van der Waals surface area contributed by atoms with Crippen LogP contribution >= 0.6 is 11.6 Å². The van der Waals surface area contributed by atoms with E-state index in [4.69, 9.17) is 16.1 Å². The molecule has 2 aromatic carbocycles. The van der Waals surface area contributed by atoms with E-state index in [1.807, 2.05) is 54.6 Å². The summed E-state index contributed by atoms with van der Waals surface area (Å²) in [5, 5.41) is 7.47. The van der Waals surface area contributed by atoms with Crippen molar-refractivity contribution in [2.75, 3.05) is 5.32 Å². The number of hydrogen-bond donors (Lipinski definition) is 1. The third kappa shape index (κ3) is 4.20. The lowest BCUT2D eigenvalue weighted by molar-refractivity contribution is 0.102. The van der Waals surface area contributed by atoms with Gasteiger partial charge in [-0.05, 0) is 54.8 Å². The van der Waals surface area contributed by atoms with Crippen LogP contribution in [0.3, 0.4) is 0 Å². The summed E-state index contributed by atoms with van der Waals surface area (Å²) in [7, 11) is 0. The predicted molar refractivity (Wildman–Crippen MR) is 113 cm³/mol. The first-order chi connectivity index (χ1) is 14.1. The third-order valence-electron chi connectivity index (χ3n) is 4.59. The molecule has 0 aliphatic carbocycles. The molecule has 0 saturated heterocycles. The number of nitrogens with zero attached hydrogens (tertiary/aromatic N) is 2. The van der Waals surface area contributed by atoms with Crippen molar-refractivity contribution in [3.8, 4) is 11.3 Å². The Morgan fingerprint density at radius 3 is 2.41 bits per heavy atom.